The van der Waals surface area contributed by atoms with Gasteiger partial charge in [0.25, 0.3) is 11.8 Å². The minimum absolute atomic E-state index is 0.0282. The highest BCUT2D eigenvalue weighted by Gasteiger charge is 2.30. The van der Waals surface area contributed by atoms with Crippen molar-refractivity contribution < 1.29 is 14.7 Å². The summed E-state index contributed by atoms with van der Waals surface area (Å²) in [5.74, 6) is -0.831. The molecular weight excluding hydrogens is 392 g/mol. The van der Waals surface area contributed by atoms with Gasteiger partial charge in [-0.15, -0.1) is 0 Å². The van der Waals surface area contributed by atoms with E-state index in [-0.39, 0.29) is 17.6 Å². The van der Waals surface area contributed by atoms with Crippen LogP contribution in [0.2, 0.25) is 0 Å². The second-order valence-corrected chi connectivity index (χ2v) is 8.07. The van der Waals surface area contributed by atoms with E-state index in [0.29, 0.717) is 36.3 Å². The van der Waals surface area contributed by atoms with Crippen LogP contribution in [0, 0.1) is 0 Å². The largest absolute Gasteiger partial charge is 0.507 e. The summed E-state index contributed by atoms with van der Waals surface area (Å²) in [6.07, 6.45) is 3.91. The van der Waals surface area contributed by atoms with Gasteiger partial charge in [-0.1, -0.05) is 36.4 Å². The maximum absolute atomic E-state index is 13.3. The van der Waals surface area contributed by atoms with Crippen LogP contribution in [0.25, 0.3) is 0 Å². The molecule has 3 N–H and O–H groups in total. The molecule has 0 aliphatic carbocycles. The number of benzene rings is 2. The summed E-state index contributed by atoms with van der Waals surface area (Å²) in [5.41, 5.74) is 8.94. The molecule has 0 spiro atoms. The molecule has 3 aromatic rings. The molecule has 1 aromatic heterocycles. The van der Waals surface area contributed by atoms with Crippen LogP contribution in [0.15, 0.2) is 54.7 Å². The maximum Gasteiger partial charge on any atom is 0.257 e. The zero-order valence-electron chi connectivity index (χ0n) is 17.5. The fourth-order valence-electron chi connectivity index (χ4n) is 4.25. The molecule has 7 nitrogen and oxygen atoms in total. The average Bonchev–Trinajstić information content (AvgIpc) is 3.17. The average molecular weight is 418 g/mol. The van der Waals surface area contributed by atoms with Crippen molar-refractivity contribution in [1.82, 2.24) is 14.7 Å². The Labute approximate surface area is 181 Å². The first-order valence-corrected chi connectivity index (χ1v) is 10.4. The Hall–Kier alpha value is -3.61. The SMILES string of the molecule is Cn1cc(C(N)=O)c([C@H]2CCCN(C(=O)c3cc(Cc4ccccc4)ccc3O)C2)n1. The third-order valence-corrected chi connectivity index (χ3v) is 5.76. The zero-order valence-corrected chi connectivity index (χ0v) is 17.5. The minimum Gasteiger partial charge on any atom is -0.507 e. The Balaban J connectivity index is 1.55. The van der Waals surface area contributed by atoms with Crippen LogP contribution in [-0.2, 0) is 13.5 Å². The number of likely N-dealkylation sites (tertiary alicyclic amines) is 1. The van der Waals surface area contributed by atoms with Crippen LogP contribution in [0.3, 0.4) is 0 Å². The lowest BCUT2D eigenvalue weighted by molar-refractivity contribution is 0.0702. The summed E-state index contributed by atoms with van der Waals surface area (Å²) < 4.78 is 1.58. The van der Waals surface area contributed by atoms with E-state index >= 15 is 0 Å². The van der Waals surface area contributed by atoms with E-state index < -0.39 is 5.91 Å². The Morgan fingerprint density at radius 1 is 1.13 bits per heavy atom. The van der Waals surface area contributed by atoms with Crippen LogP contribution < -0.4 is 5.73 Å². The van der Waals surface area contributed by atoms with Crippen molar-refractivity contribution >= 4 is 11.8 Å². The molecular formula is C24H26N4O3. The van der Waals surface area contributed by atoms with E-state index in [0.717, 1.165) is 24.0 Å². The number of hydrogen-bond acceptors (Lipinski definition) is 4. The number of amides is 2. The first kappa shape index (κ1) is 20.7. The highest BCUT2D eigenvalue weighted by Crippen LogP contribution is 2.30. The Bertz CT molecular complexity index is 1110. The molecule has 0 radical (unpaired) electrons. The summed E-state index contributed by atoms with van der Waals surface area (Å²) in [7, 11) is 1.75. The molecule has 0 saturated carbocycles. The van der Waals surface area contributed by atoms with Crippen LogP contribution in [0.5, 0.6) is 5.75 Å². The third kappa shape index (κ3) is 4.45. The lowest BCUT2D eigenvalue weighted by Gasteiger charge is -2.32. The van der Waals surface area contributed by atoms with Crippen molar-refractivity contribution in [2.24, 2.45) is 12.8 Å². The molecule has 7 heteroatoms. The van der Waals surface area contributed by atoms with Crippen molar-refractivity contribution in [1.29, 1.82) is 0 Å². The number of nitrogens with zero attached hydrogens (tertiary/aromatic N) is 3. The van der Waals surface area contributed by atoms with E-state index in [1.807, 2.05) is 36.4 Å². The second-order valence-electron chi connectivity index (χ2n) is 8.07. The van der Waals surface area contributed by atoms with E-state index in [1.165, 1.54) is 0 Å². The summed E-state index contributed by atoms with van der Waals surface area (Å²) in [6, 6.07) is 15.2. The van der Waals surface area contributed by atoms with Crippen LogP contribution in [-0.4, -0.2) is 44.7 Å². The fraction of sp³-hybridized carbons (Fsp3) is 0.292. The van der Waals surface area contributed by atoms with Crippen LogP contribution in [0.1, 0.15) is 56.3 Å². The number of nitrogens with two attached hydrogens (primary N) is 1. The highest BCUT2D eigenvalue weighted by molar-refractivity contribution is 5.97. The molecule has 1 atom stereocenters. The number of hydrogen-bond donors (Lipinski definition) is 2. The zero-order chi connectivity index (χ0) is 22.0. The Kier molecular flexibility index (Phi) is 5.75. The predicted octanol–water partition coefficient (Wildman–Crippen LogP) is 2.84. The second kappa shape index (κ2) is 8.63. The number of piperidine rings is 1. The van der Waals surface area contributed by atoms with Gasteiger partial charge in [-0.2, -0.15) is 5.10 Å². The molecule has 4 rings (SSSR count). The number of aromatic nitrogens is 2. The summed E-state index contributed by atoms with van der Waals surface area (Å²) in [6.45, 7) is 1.02. The summed E-state index contributed by atoms with van der Waals surface area (Å²) in [5, 5.41) is 14.8. The highest BCUT2D eigenvalue weighted by atomic mass is 16.3. The first-order valence-electron chi connectivity index (χ1n) is 10.4. The molecule has 1 aliphatic heterocycles. The number of phenols is 1. The summed E-state index contributed by atoms with van der Waals surface area (Å²) in [4.78, 5) is 26.8. The van der Waals surface area contributed by atoms with Gasteiger partial charge in [-0.3, -0.25) is 14.3 Å². The number of carbonyl (C=O) groups is 2. The number of rotatable bonds is 5. The fourth-order valence-corrected chi connectivity index (χ4v) is 4.25. The van der Waals surface area contributed by atoms with Gasteiger partial charge in [0, 0.05) is 32.3 Å². The van der Waals surface area contributed by atoms with Crippen molar-refractivity contribution in [2.45, 2.75) is 25.2 Å². The van der Waals surface area contributed by atoms with Gasteiger partial charge in [-0.05, 0) is 42.5 Å². The molecule has 160 valence electrons. The normalized spacial score (nSPS) is 16.3. The molecule has 1 fully saturated rings. The molecule has 0 bridgehead atoms. The van der Waals surface area contributed by atoms with Crippen LogP contribution >= 0.6 is 0 Å². The van der Waals surface area contributed by atoms with Gasteiger partial charge in [0.15, 0.2) is 0 Å². The van der Waals surface area contributed by atoms with Crippen molar-refractivity contribution in [3.8, 4) is 5.75 Å². The topological polar surface area (TPSA) is 101 Å². The van der Waals surface area contributed by atoms with Gasteiger partial charge in [0.05, 0.1) is 16.8 Å². The number of aryl methyl sites for hydroxylation is 1. The quantitative estimate of drug-likeness (QED) is 0.665. The number of primary amides is 1. The Morgan fingerprint density at radius 2 is 1.90 bits per heavy atom. The molecule has 31 heavy (non-hydrogen) atoms. The number of aromatic hydroxyl groups is 1. The molecule has 2 heterocycles. The lowest BCUT2D eigenvalue weighted by atomic mass is 9.91. The number of phenolic OH excluding ortho intramolecular Hbond substituents is 1. The molecule has 1 saturated heterocycles. The van der Waals surface area contributed by atoms with E-state index in [9.17, 15) is 14.7 Å². The predicted molar refractivity (Wildman–Crippen MR) is 117 cm³/mol. The standard InChI is InChI=1S/C24H26N4O3/c1-27-15-20(23(25)30)22(26-27)18-8-5-11-28(14-18)24(31)19-13-17(9-10-21(19)29)12-16-6-3-2-4-7-16/h2-4,6-7,9-10,13,15,18,29H,5,8,11-12,14H2,1H3,(H2,25,30)/t18-/m0/s1. The van der Waals surface area contributed by atoms with Gasteiger partial charge in [0.2, 0.25) is 0 Å². The minimum atomic E-state index is -0.516. The molecule has 2 aromatic carbocycles. The maximum atomic E-state index is 13.3. The molecule has 0 unspecified atom stereocenters. The lowest BCUT2D eigenvalue weighted by Crippen LogP contribution is -2.39. The van der Waals surface area contributed by atoms with Crippen molar-refractivity contribution in [3.05, 3.63) is 82.7 Å². The van der Waals surface area contributed by atoms with Gasteiger partial charge >= 0.3 is 0 Å². The first-order chi connectivity index (χ1) is 14.9. The number of carbonyl (C=O) groups excluding carboxylic acids is 2. The van der Waals surface area contributed by atoms with E-state index in [2.05, 4.69) is 5.10 Å². The Morgan fingerprint density at radius 3 is 2.65 bits per heavy atom. The third-order valence-electron chi connectivity index (χ3n) is 5.76. The van der Waals surface area contributed by atoms with Crippen molar-refractivity contribution in [2.75, 3.05) is 13.1 Å². The monoisotopic (exact) mass is 418 g/mol. The molecule has 1 aliphatic rings. The smallest absolute Gasteiger partial charge is 0.257 e. The van der Waals surface area contributed by atoms with Crippen molar-refractivity contribution in [3.63, 3.8) is 0 Å². The van der Waals surface area contributed by atoms with E-state index in [4.69, 9.17) is 5.73 Å². The van der Waals surface area contributed by atoms with Gasteiger partial charge in [0.1, 0.15) is 5.75 Å². The van der Waals surface area contributed by atoms with Gasteiger partial charge < -0.3 is 15.7 Å². The molecule has 2 amide bonds. The summed E-state index contributed by atoms with van der Waals surface area (Å²) >= 11 is 0. The van der Waals surface area contributed by atoms with E-state index in [1.54, 1.807) is 35.0 Å². The van der Waals surface area contributed by atoms with Gasteiger partial charge in [-0.25, -0.2) is 0 Å². The van der Waals surface area contributed by atoms with Crippen LogP contribution in [0.4, 0.5) is 0 Å².